The maximum atomic E-state index is 10.7. The van der Waals surface area contributed by atoms with E-state index in [-0.39, 0.29) is 6.10 Å². The normalized spacial score (nSPS) is 21.8. The van der Waals surface area contributed by atoms with E-state index in [1.807, 2.05) is 0 Å². The van der Waals surface area contributed by atoms with Gasteiger partial charge < -0.3 is 10.0 Å². The molecule has 21 heavy (non-hydrogen) atoms. The summed E-state index contributed by atoms with van der Waals surface area (Å²) in [4.78, 5) is 4.72. The molecule has 0 amide bonds. The first-order chi connectivity index (χ1) is 9.88. The highest BCUT2D eigenvalue weighted by Gasteiger charge is 2.24. The van der Waals surface area contributed by atoms with E-state index in [0.717, 1.165) is 25.2 Å². The van der Waals surface area contributed by atoms with Crippen molar-refractivity contribution in [2.75, 3.05) is 33.7 Å². The zero-order valence-electron chi connectivity index (χ0n) is 14.2. The van der Waals surface area contributed by atoms with Crippen molar-refractivity contribution in [3.63, 3.8) is 0 Å². The largest absolute Gasteiger partial charge is 0.387 e. The monoisotopic (exact) mass is 290 g/mol. The lowest BCUT2D eigenvalue weighted by molar-refractivity contribution is 0.0716. The number of hydrogen-bond donors (Lipinski definition) is 1. The van der Waals surface area contributed by atoms with Gasteiger partial charge in [-0.3, -0.25) is 4.90 Å². The minimum Gasteiger partial charge on any atom is -0.387 e. The third-order valence-corrected chi connectivity index (χ3v) is 4.71. The average Bonchev–Trinajstić information content (AvgIpc) is 2.37. The summed E-state index contributed by atoms with van der Waals surface area (Å²) >= 11 is 0. The number of aliphatic hydroxyl groups is 1. The molecule has 1 aliphatic heterocycles. The summed E-state index contributed by atoms with van der Waals surface area (Å²) in [6.45, 7) is 9.24. The van der Waals surface area contributed by atoms with Crippen molar-refractivity contribution in [1.29, 1.82) is 0 Å². The van der Waals surface area contributed by atoms with Gasteiger partial charge >= 0.3 is 0 Å². The molecule has 0 aromatic heterocycles. The third-order valence-electron chi connectivity index (χ3n) is 4.71. The summed E-state index contributed by atoms with van der Waals surface area (Å²) in [5.41, 5.74) is 4.81. The number of nitrogens with zero attached hydrogens (tertiary/aromatic N) is 2. The number of rotatable bonds is 4. The van der Waals surface area contributed by atoms with E-state index >= 15 is 0 Å². The van der Waals surface area contributed by atoms with Crippen LogP contribution in [0.2, 0.25) is 0 Å². The molecule has 1 heterocycles. The quantitative estimate of drug-likeness (QED) is 0.923. The van der Waals surface area contributed by atoms with Gasteiger partial charge in [-0.15, -0.1) is 0 Å². The fraction of sp³-hybridized carbons (Fsp3) is 0.667. The molecular weight excluding hydrogens is 260 g/mol. The molecular formula is C18H30N2O. The van der Waals surface area contributed by atoms with E-state index in [2.05, 4.69) is 56.8 Å². The second kappa shape index (κ2) is 6.91. The highest BCUT2D eigenvalue weighted by atomic mass is 16.3. The van der Waals surface area contributed by atoms with Crippen molar-refractivity contribution in [3.8, 4) is 0 Å². The van der Waals surface area contributed by atoms with Crippen LogP contribution >= 0.6 is 0 Å². The minimum absolute atomic E-state index is 0.383. The molecule has 0 radical (unpaired) electrons. The van der Waals surface area contributed by atoms with Crippen molar-refractivity contribution in [2.24, 2.45) is 0 Å². The van der Waals surface area contributed by atoms with Crippen LogP contribution in [0.3, 0.4) is 0 Å². The molecule has 3 heteroatoms. The molecule has 0 saturated carbocycles. The number of aryl methyl sites for hydroxylation is 3. The van der Waals surface area contributed by atoms with Crippen LogP contribution in [0.1, 0.15) is 41.2 Å². The van der Waals surface area contributed by atoms with Crippen LogP contribution in [-0.2, 0) is 0 Å². The zero-order chi connectivity index (χ0) is 15.6. The lowest BCUT2D eigenvalue weighted by atomic mass is 9.94. The molecule has 0 bridgehead atoms. The number of piperidine rings is 1. The van der Waals surface area contributed by atoms with Gasteiger partial charge in [0, 0.05) is 19.1 Å². The molecule has 2 unspecified atom stereocenters. The van der Waals surface area contributed by atoms with Gasteiger partial charge in [0.2, 0.25) is 0 Å². The minimum atomic E-state index is -0.383. The number of hydrogen-bond acceptors (Lipinski definition) is 3. The molecule has 118 valence electrons. The van der Waals surface area contributed by atoms with E-state index in [9.17, 15) is 5.11 Å². The van der Waals surface area contributed by atoms with Crippen LogP contribution in [-0.4, -0.2) is 54.7 Å². The van der Waals surface area contributed by atoms with Gasteiger partial charge in [-0.05, 0) is 70.9 Å². The van der Waals surface area contributed by atoms with Crippen LogP contribution in [0.15, 0.2) is 12.1 Å². The number of likely N-dealkylation sites (tertiary alicyclic amines) is 1. The van der Waals surface area contributed by atoms with Crippen molar-refractivity contribution in [2.45, 2.75) is 45.8 Å². The molecule has 3 nitrogen and oxygen atoms in total. The van der Waals surface area contributed by atoms with Crippen molar-refractivity contribution in [1.82, 2.24) is 9.80 Å². The Morgan fingerprint density at radius 2 is 1.86 bits per heavy atom. The number of likely N-dealkylation sites (N-methyl/N-ethyl adjacent to an activating group) is 1. The Labute approximate surface area is 129 Å². The Morgan fingerprint density at radius 1 is 1.24 bits per heavy atom. The van der Waals surface area contributed by atoms with E-state index in [1.165, 1.54) is 29.5 Å². The molecule has 1 fully saturated rings. The molecule has 0 spiro atoms. The number of β-amino-alcohol motifs (C(OH)–C–C–N with tert-alkyl or cyclic N) is 1. The summed E-state index contributed by atoms with van der Waals surface area (Å²) in [5.74, 6) is 0. The van der Waals surface area contributed by atoms with E-state index in [4.69, 9.17) is 0 Å². The summed E-state index contributed by atoms with van der Waals surface area (Å²) in [7, 11) is 4.30. The van der Waals surface area contributed by atoms with Crippen molar-refractivity contribution < 1.29 is 5.11 Å². The van der Waals surface area contributed by atoms with Gasteiger partial charge in [0.1, 0.15) is 0 Å². The van der Waals surface area contributed by atoms with Crippen molar-refractivity contribution in [3.05, 3.63) is 34.4 Å². The zero-order valence-corrected chi connectivity index (χ0v) is 14.2. The van der Waals surface area contributed by atoms with Crippen LogP contribution in [0.4, 0.5) is 0 Å². The van der Waals surface area contributed by atoms with Crippen LogP contribution in [0.25, 0.3) is 0 Å². The molecule has 0 aliphatic carbocycles. The Hall–Kier alpha value is -0.900. The first-order valence-electron chi connectivity index (χ1n) is 8.03. The first-order valence-corrected chi connectivity index (χ1v) is 8.03. The SMILES string of the molecule is Cc1cc(C)c(C(O)CN2CCCC(N(C)C)C2)c(C)c1. The standard InChI is InChI=1S/C18H30N2O/c1-13-9-14(2)18(15(3)10-13)17(21)12-20-8-6-7-16(11-20)19(4)5/h9-10,16-17,21H,6-8,11-12H2,1-5H3. The van der Waals surface area contributed by atoms with Crippen LogP contribution in [0.5, 0.6) is 0 Å². The molecule has 1 aromatic rings. The third kappa shape index (κ3) is 4.06. The number of aliphatic hydroxyl groups excluding tert-OH is 1. The fourth-order valence-corrected chi connectivity index (χ4v) is 3.67. The Kier molecular flexibility index (Phi) is 5.42. The van der Waals surface area contributed by atoms with Crippen LogP contribution < -0.4 is 0 Å². The lowest BCUT2D eigenvalue weighted by Gasteiger charge is -2.37. The van der Waals surface area contributed by atoms with Gasteiger partial charge in [-0.2, -0.15) is 0 Å². The van der Waals surface area contributed by atoms with Gasteiger partial charge in [-0.25, -0.2) is 0 Å². The Balaban J connectivity index is 2.06. The molecule has 2 atom stereocenters. The number of benzene rings is 1. The maximum Gasteiger partial charge on any atom is 0.0922 e. The summed E-state index contributed by atoms with van der Waals surface area (Å²) < 4.78 is 0. The highest BCUT2D eigenvalue weighted by Crippen LogP contribution is 2.25. The second-order valence-electron chi connectivity index (χ2n) is 6.85. The van der Waals surface area contributed by atoms with Gasteiger partial charge in [0.25, 0.3) is 0 Å². The Morgan fingerprint density at radius 3 is 2.43 bits per heavy atom. The molecule has 1 aromatic carbocycles. The summed E-state index contributed by atoms with van der Waals surface area (Å²) in [6.07, 6.45) is 2.11. The summed E-state index contributed by atoms with van der Waals surface area (Å²) in [5, 5.41) is 10.7. The predicted octanol–water partition coefficient (Wildman–Crippen LogP) is 2.67. The lowest BCUT2D eigenvalue weighted by Crippen LogP contribution is -2.46. The fourth-order valence-electron chi connectivity index (χ4n) is 3.67. The smallest absolute Gasteiger partial charge is 0.0922 e. The molecule has 2 rings (SSSR count). The average molecular weight is 290 g/mol. The van der Waals surface area contributed by atoms with E-state index in [1.54, 1.807) is 0 Å². The topological polar surface area (TPSA) is 26.7 Å². The van der Waals surface area contributed by atoms with Gasteiger partial charge in [0.05, 0.1) is 6.10 Å². The van der Waals surface area contributed by atoms with Gasteiger partial charge in [0.15, 0.2) is 0 Å². The first kappa shape index (κ1) is 16.5. The summed E-state index contributed by atoms with van der Waals surface area (Å²) in [6, 6.07) is 4.96. The molecule has 1 aliphatic rings. The molecule has 1 saturated heterocycles. The molecule has 1 N–H and O–H groups in total. The van der Waals surface area contributed by atoms with E-state index in [0.29, 0.717) is 6.04 Å². The predicted molar refractivity (Wildman–Crippen MR) is 88.8 cm³/mol. The highest BCUT2D eigenvalue weighted by molar-refractivity contribution is 5.39. The Bertz CT molecular complexity index is 461. The van der Waals surface area contributed by atoms with E-state index < -0.39 is 0 Å². The second-order valence-corrected chi connectivity index (χ2v) is 6.85. The van der Waals surface area contributed by atoms with Crippen LogP contribution in [0, 0.1) is 20.8 Å². The maximum absolute atomic E-state index is 10.7. The van der Waals surface area contributed by atoms with Gasteiger partial charge in [-0.1, -0.05) is 17.7 Å². The van der Waals surface area contributed by atoms with Crippen molar-refractivity contribution >= 4 is 0 Å².